The largest absolute Gasteiger partial charge is 0.493 e. The molecule has 0 bridgehead atoms. The minimum Gasteiger partial charge on any atom is -0.493 e. The molecular formula is C15H17ClN2O2. The van der Waals surface area contributed by atoms with Crippen molar-refractivity contribution in [3.05, 3.63) is 52.8 Å². The van der Waals surface area contributed by atoms with Crippen LogP contribution in [0.5, 0.6) is 11.5 Å². The molecule has 0 aliphatic heterocycles. The maximum absolute atomic E-state index is 6.08. The molecular weight excluding hydrogens is 276 g/mol. The molecule has 0 saturated heterocycles. The van der Waals surface area contributed by atoms with Crippen LogP contribution in [0.4, 0.5) is 0 Å². The van der Waals surface area contributed by atoms with Crippen molar-refractivity contribution in [3.63, 3.8) is 0 Å². The summed E-state index contributed by atoms with van der Waals surface area (Å²) in [6.07, 6.45) is 3.56. The summed E-state index contributed by atoms with van der Waals surface area (Å²) in [6, 6.07) is 7.57. The number of nitrogens with zero attached hydrogens (tertiary/aromatic N) is 1. The Kier molecular flexibility index (Phi) is 5.21. The number of halogens is 1. The van der Waals surface area contributed by atoms with Crippen molar-refractivity contribution in [1.82, 2.24) is 10.3 Å². The maximum atomic E-state index is 6.08. The van der Waals surface area contributed by atoms with Gasteiger partial charge in [-0.3, -0.25) is 4.98 Å². The van der Waals surface area contributed by atoms with Crippen molar-refractivity contribution in [1.29, 1.82) is 0 Å². The molecule has 1 aromatic carbocycles. The zero-order valence-corrected chi connectivity index (χ0v) is 12.3. The predicted octanol–water partition coefficient (Wildman–Crippen LogP) is 3.04. The predicted molar refractivity (Wildman–Crippen MR) is 79.3 cm³/mol. The van der Waals surface area contributed by atoms with Crippen LogP contribution in [0.1, 0.15) is 11.1 Å². The summed E-state index contributed by atoms with van der Waals surface area (Å²) < 4.78 is 10.7. The SMILES string of the molecule is COc1cc(Cl)cc(CNCc2ccncc2)c1OC. The molecule has 0 aliphatic rings. The lowest BCUT2D eigenvalue weighted by Gasteiger charge is -2.14. The molecule has 0 aliphatic carbocycles. The maximum Gasteiger partial charge on any atom is 0.165 e. The van der Waals surface area contributed by atoms with Crippen LogP contribution < -0.4 is 14.8 Å². The van der Waals surface area contributed by atoms with Crippen LogP contribution in [0.15, 0.2) is 36.7 Å². The number of hydrogen-bond acceptors (Lipinski definition) is 4. The van der Waals surface area contributed by atoms with E-state index in [0.29, 0.717) is 23.1 Å². The second-order valence-electron chi connectivity index (χ2n) is 4.26. The van der Waals surface area contributed by atoms with Gasteiger partial charge in [0.1, 0.15) is 0 Å². The fourth-order valence-corrected chi connectivity index (χ4v) is 2.21. The fourth-order valence-electron chi connectivity index (χ4n) is 1.98. The molecule has 0 unspecified atom stereocenters. The van der Waals surface area contributed by atoms with E-state index in [1.54, 1.807) is 32.7 Å². The highest BCUT2D eigenvalue weighted by Crippen LogP contribution is 2.34. The van der Waals surface area contributed by atoms with Crippen molar-refractivity contribution in [2.45, 2.75) is 13.1 Å². The summed E-state index contributed by atoms with van der Waals surface area (Å²) in [4.78, 5) is 3.99. The van der Waals surface area contributed by atoms with Crippen molar-refractivity contribution < 1.29 is 9.47 Å². The summed E-state index contributed by atoms with van der Waals surface area (Å²) in [5.74, 6) is 1.35. The third-order valence-corrected chi connectivity index (χ3v) is 3.13. The smallest absolute Gasteiger partial charge is 0.165 e. The first-order valence-electron chi connectivity index (χ1n) is 6.24. The highest BCUT2D eigenvalue weighted by atomic mass is 35.5. The highest BCUT2D eigenvalue weighted by Gasteiger charge is 2.11. The van der Waals surface area contributed by atoms with E-state index in [1.165, 1.54) is 5.56 Å². The lowest BCUT2D eigenvalue weighted by atomic mass is 10.1. The van der Waals surface area contributed by atoms with Crippen LogP contribution in [0.2, 0.25) is 5.02 Å². The molecule has 1 N–H and O–H groups in total. The van der Waals surface area contributed by atoms with Crippen molar-refractivity contribution >= 4 is 11.6 Å². The Labute approximate surface area is 123 Å². The third kappa shape index (κ3) is 3.62. The zero-order chi connectivity index (χ0) is 14.4. The number of nitrogens with one attached hydrogen (secondary N) is 1. The van der Waals surface area contributed by atoms with E-state index < -0.39 is 0 Å². The Hall–Kier alpha value is -1.78. The summed E-state index contributed by atoms with van der Waals surface area (Å²) in [6.45, 7) is 1.39. The molecule has 2 aromatic rings. The lowest BCUT2D eigenvalue weighted by molar-refractivity contribution is 0.350. The van der Waals surface area contributed by atoms with E-state index in [-0.39, 0.29) is 0 Å². The summed E-state index contributed by atoms with van der Waals surface area (Å²) in [5.41, 5.74) is 2.14. The van der Waals surface area contributed by atoms with E-state index in [9.17, 15) is 0 Å². The van der Waals surface area contributed by atoms with E-state index >= 15 is 0 Å². The molecule has 0 atom stereocenters. The molecule has 0 amide bonds. The summed E-state index contributed by atoms with van der Waals surface area (Å²) in [7, 11) is 3.22. The molecule has 0 fully saturated rings. The van der Waals surface area contributed by atoms with Gasteiger partial charge in [0.2, 0.25) is 0 Å². The Balaban J connectivity index is 2.07. The average Bonchev–Trinajstić information content (AvgIpc) is 2.47. The second kappa shape index (κ2) is 7.12. The standard InChI is InChI=1S/C15H17ClN2O2/c1-19-14-8-13(16)7-12(15(14)20-2)10-18-9-11-3-5-17-6-4-11/h3-8,18H,9-10H2,1-2H3. The number of benzene rings is 1. The summed E-state index contributed by atoms with van der Waals surface area (Å²) in [5, 5.41) is 3.98. The van der Waals surface area contributed by atoms with Crippen LogP contribution in [0.3, 0.4) is 0 Å². The van der Waals surface area contributed by atoms with Crippen LogP contribution in [0.25, 0.3) is 0 Å². The monoisotopic (exact) mass is 292 g/mol. The van der Waals surface area contributed by atoms with Gasteiger partial charge in [0, 0.05) is 42.1 Å². The first-order valence-corrected chi connectivity index (χ1v) is 6.62. The number of hydrogen-bond donors (Lipinski definition) is 1. The highest BCUT2D eigenvalue weighted by molar-refractivity contribution is 6.30. The Bertz CT molecular complexity index is 561. The molecule has 0 radical (unpaired) electrons. The van der Waals surface area contributed by atoms with Crippen molar-refractivity contribution in [2.24, 2.45) is 0 Å². The van der Waals surface area contributed by atoms with Crippen molar-refractivity contribution in [3.8, 4) is 11.5 Å². The molecule has 1 aromatic heterocycles. The molecule has 4 nitrogen and oxygen atoms in total. The molecule has 106 valence electrons. The van der Waals surface area contributed by atoms with Gasteiger partial charge in [-0.2, -0.15) is 0 Å². The molecule has 0 spiro atoms. The molecule has 5 heteroatoms. The number of methoxy groups -OCH3 is 2. The van der Waals surface area contributed by atoms with Gasteiger partial charge in [0.15, 0.2) is 11.5 Å². The van der Waals surface area contributed by atoms with Crippen LogP contribution >= 0.6 is 11.6 Å². The van der Waals surface area contributed by atoms with Crippen LogP contribution in [-0.2, 0) is 13.1 Å². The van der Waals surface area contributed by atoms with Gasteiger partial charge < -0.3 is 14.8 Å². The Morgan fingerprint density at radius 1 is 1.10 bits per heavy atom. The van der Waals surface area contributed by atoms with E-state index in [4.69, 9.17) is 21.1 Å². The van der Waals surface area contributed by atoms with Gasteiger partial charge in [-0.25, -0.2) is 0 Å². The van der Waals surface area contributed by atoms with Gasteiger partial charge >= 0.3 is 0 Å². The number of pyridine rings is 1. The average molecular weight is 293 g/mol. The first kappa shape index (κ1) is 14.6. The zero-order valence-electron chi connectivity index (χ0n) is 11.5. The fraction of sp³-hybridized carbons (Fsp3) is 0.267. The van der Waals surface area contributed by atoms with Crippen molar-refractivity contribution in [2.75, 3.05) is 14.2 Å². The normalized spacial score (nSPS) is 10.3. The van der Waals surface area contributed by atoms with Gasteiger partial charge in [-0.05, 0) is 23.8 Å². The lowest BCUT2D eigenvalue weighted by Crippen LogP contribution is -2.13. The van der Waals surface area contributed by atoms with Gasteiger partial charge in [0.25, 0.3) is 0 Å². The van der Waals surface area contributed by atoms with Gasteiger partial charge in [-0.15, -0.1) is 0 Å². The second-order valence-corrected chi connectivity index (χ2v) is 4.70. The Morgan fingerprint density at radius 2 is 1.85 bits per heavy atom. The molecule has 20 heavy (non-hydrogen) atoms. The first-order chi connectivity index (χ1) is 9.74. The number of rotatable bonds is 6. The quantitative estimate of drug-likeness (QED) is 0.889. The van der Waals surface area contributed by atoms with Gasteiger partial charge in [-0.1, -0.05) is 11.6 Å². The minimum absolute atomic E-state index is 0.628. The topological polar surface area (TPSA) is 43.4 Å². The number of aromatic nitrogens is 1. The van der Waals surface area contributed by atoms with Crippen LogP contribution in [0, 0.1) is 0 Å². The van der Waals surface area contributed by atoms with E-state index in [0.717, 1.165) is 12.1 Å². The molecule has 2 rings (SSSR count). The number of ether oxygens (including phenoxy) is 2. The van der Waals surface area contributed by atoms with Gasteiger partial charge in [0.05, 0.1) is 14.2 Å². The molecule has 1 heterocycles. The van der Waals surface area contributed by atoms with Crippen LogP contribution in [-0.4, -0.2) is 19.2 Å². The van der Waals surface area contributed by atoms with E-state index in [2.05, 4.69) is 10.3 Å². The Morgan fingerprint density at radius 3 is 2.50 bits per heavy atom. The third-order valence-electron chi connectivity index (χ3n) is 2.91. The van der Waals surface area contributed by atoms with E-state index in [1.807, 2.05) is 18.2 Å². The minimum atomic E-state index is 0.628. The molecule has 0 saturated carbocycles. The summed E-state index contributed by atoms with van der Waals surface area (Å²) >= 11 is 6.08.